The molecule has 16 nitrogen and oxygen atoms in total. The standard InChI is InChI=1S/2C33H43ClN2O6/c2*1-35-15-6-4-2-3-5-7-16-36-21-32(14-8-9-24-17-26(34)11-12-27(24)32)22-42-29-13-10-25(18-28(29)36)33(40,19-30(35)37)23-41-20-31(38)39/h2*10-13,17-18,40H,2-9,14-16,19-23H2,1H3,(H,38,39)/t32-,33+;32-,33-/m00/s1. The van der Waals surface area contributed by atoms with E-state index in [2.05, 4.69) is 34.1 Å². The first kappa shape index (κ1) is 62.9. The molecular formula is C66H86Cl2N4O12. The molecule has 4 aromatic rings. The highest BCUT2D eigenvalue weighted by Gasteiger charge is 2.45. The Morgan fingerprint density at radius 3 is 1.30 bits per heavy atom. The molecule has 4 atom stereocenters. The van der Waals surface area contributed by atoms with Gasteiger partial charge in [0.15, 0.2) is 0 Å². The van der Waals surface area contributed by atoms with E-state index in [1.165, 1.54) is 22.3 Å². The average Bonchev–Trinajstić information content (AvgIpc) is 2.77. The van der Waals surface area contributed by atoms with Crippen LogP contribution >= 0.6 is 23.2 Å². The fourth-order valence-corrected chi connectivity index (χ4v) is 14.1. The predicted octanol–water partition coefficient (Wildman–Crippen LogP) is 10.6. The number of halogens is 2. The number of benzene rings is 4. The number of hydrogen-bond acceptors (Lipinski definition) is 12. The number of carboxylic acids is 2. The van der Waals surface area contributed by atoms with E-state index in [1.54, 1.807) is 36.0 Å². The Labute approximate surface area is 505 Å². The minimum Gasteiger partial charge on any atom is -0.490 e. The Balaban J connectivity index is 0.000000202. The summed E-state index contributed by atoms with van der Waals surface area (Å²) in [5, 5.41) is 43.7. The minimum atomic E-state index is -1.70. The zero-order chi connectivity index (χ0) is 59.5. The van der Waals surface area contributed by atoms with Crippen molar-refractivity contribution < 1.29 is 58.6 Å². The number of aryl methyl sites for hydroxylation is 2. The SMILES string of the molecule is CN1CCCCCCCCN2C[C@@]3(CCCc4cc(Cl)ccc43)COc3ccc(cc32)[C@@](O)(COCC(=O)O)CC1=O.CN1CCCCCCCCN2C[C@@]3(CCCc4cc(Cl)ccc43)COc3ccc(cc32)[C@](O)(COCC(=O)O)CC1=O. The lowest BCUT2D eigenvalue weighted by atomic mass is 9.70. The Hall–Kier alpha value is -5.62. The molecule has 4 aliphatic heterocycles. The number of rotatable bonds is 8. The van der Waals surface area contributed by atoms with Crippen molar-refractivity contribution in [2.24, 2.45) is 0 Å². The molecule has 4 bridgehead atoms. The molecule has 2 spiro atoms. The van der Waals surface area contributed by atoms with Crippen LogP contribution in [0.4, 0.5) is 11.4 Å². The van der Waals surface area contributed by atoms with Gasteiger partial charge in [-0.05, 0) is 146 Å². The van der Waals surface area contributed by atoms with E-state index in [-0.39, 0.29) is 48.7 Å². The molecule has 10 rings (SSSR count). The maximum absolute atomic E-state index is 13.3. The lowest BCUT2D eigenvalue weighted by molar-refractivity contribution is -0.149. The zero-order valence-corrected chi connectivity index (χ0v) is 50.7. The molecule has 4 heterocycles. The number of anilines is 2. The van der Waals surface area contributed by atoms with Crippen LogP contribution in [-0.2, 0) is 63.5 Å². The fraction of sp³-hybridized carbons (Fsp3) is 0.576. The van der Waals surface area contributed by atoms with E-state index in [9.17, 15) is 29.4 Å². The normalized spacial score (nSPS) is 25.5. The summed E-state index contributed by atoms with van der Waals surface area (Å²) in [6, 6.07) is 23.6. The highest BCUT2D eigenvalue weighted by Crippen LogP contribution is 2.48. The van der Waals surface area contributed by atoms with Crippen LogP contribution in [0.15, 0.2) is 72.8 Å². The van der Waals surface area contributed by atoms with Crippen LogP contribution in [-0.4, -0.2) is 147 Å². The van der Waals surface area contributed by atoms with Crippen LogP contribution in [0.25, 0.3) is 0 Å². The number of carboxylic acid groups (broad SMARTS) is 2. The topological polar surface area (TPSA) is 199 Å². The molecule has 18 heteroatoms. The number of amides is 2. The minimum absolute atomic E-state index is 0.197. The Morgan fingerprint density at radius 1 is 0.524 bits per heavy atom. The van der Waals surface area contributed by atoms with Crippen molar-refractivity contribution in [2.45, 2.75) is 150 Å². The highest BCUT2D eigenvalue weighted by atomic mass is 35.5. The van der Waals surface area contributed by atoms with E-state index in [0.717, 1.165) is 175 Å². The monoisotopic (exact) mass is 1200 g/mol. The van der Waals surface area contributed by atoms with Gasteiger partial charge in [0.1, 0.15) is 35.9 Å². The molecule has 456 valence electrons. The van der Waals surface area contributed by atoms with Gasteiger partial charge >= 0.3 is 11.9 Å². The molecule has 0 saturated carbocycles. The summed E-state index contributed by atoms with van der Waals surface area (Å²) in [5.74, 6) is -1.18. The van der Waals surface area contributed by atoms with Crippen molar-refractivity contribution in [3.8, 4) is 11.5 Å². The molecule has 0 fully saturated rings. The molecule has 0 saturated heterocycles. The van der Waals surface area contributed by atoms with Gasteiger partial charge in [0, 0.05) is 74.2 Å². The Morgan fingerprint density at radius 2 is 0.905 bits per heavy atom. The van der Waals surface area contributed by atoms with E-state index in [4.69, 9.17) is 52.4 Å². The van der Waals surface area contributed by atoms with Crippen LogP contribution < -0.4 is 19.3 Å². The smallest absolute Gasteiger partial charge is 0.329 e. The quantitative estimate of drug-likeness (QED) is 0.130. The van der Waals surface area contributed by atoms with Gasteiger partial charge in [-0.25, -0.2) is 9.59 Å². The largest absolute Gasteiger partial charge is 0.490 e. The molecule has 0 radical (unpaired) electrons. The summed E-state index contributed by atoms with van der Waals surface area (Å²) >= 11 is 12.8. The second kappa shape index (κ2) is 28.3. The first-order valence-electron chi connectivity index (χ1n) is 30.5. The molecule has 4 aromatic carbocycles. The number of carbonyl (C=O) groups excluding carboxylic acids is 2. The van der Waals surface area contributed by atoms with E-state index < -0.39 is 36.4 Å². The summed E-state index contributed by atoms with van der Waals surface area (Å²) < 4.78 is 24.0. The maximum Gasteiger partial charge on any atom is 0.329 e. The predicted molar refractivity (Wildman–Crippen MR) is 325 cm³/mol. The van der Waals surface area contributed by atoms with Gasteiger partial charge in [-0.2, -0.15) is 0 Å². The van der Waals surface area contributed by atoms with Crippen molar-refractivity contribution in [2.75, 3.05) is 103 Å². The maximum atomic E-state index is 13.3. The first-order valence-corrected chi connectivity index (χ1v) is 31.3. The van der Waals surface area contributed by atoms with Crippen LogP contribution in [0.3, 0.4) is 0 Å². The number of aliphatic hydroxyl groups is 2. The summed E-state index contributed by atoms with van der Waals surface area (Å²) in [6.07, 6.45) is 18.5. The molecule has 2 aliphatic carbocycles. The second-order valence-electron chi connectivity index (χ2n) is 24.7. The molecule has 2 amide bonds. The van der Waals surface area contributed by atoms with Crippen LogP contribution in [0.1, 0.15) is 149 Å². The van der Waals surface area contributed by atoms with Gasteiger partial charge in [-0.3, -0.25) is 9.59 Å². The van der Waals surface area contributed by atoms with Gasteiger partial charge in [-0.1, -0.05) is 98.8 Å². The van der Waals surface area contributed by atoms with Crippen molar-refractivity contribution in [3.63, 3.8) is 0 Å². The van der Waals surface area contributed by atoms with Crippen LogP contribution in [0.2, 0.25) is 10.0 Å². The van der Waals surface area contributed by atoms with Gasteiger partial charge in [0.25, 0.3) is 0 Å². The van der Waals surface area contributed by atoms with Gasteiger partial charge in [-0.15, -0.1) is 0 Å². The highest BCUT2D eigenvalue weighted by molar-refractivity contribution is 6.31. The lowest BCUT2D eigenvalue weighted by Gasteiger charge is -2.41. The van der Waals surface area contributed by atoms with Gasteiger partial charge < -0.3 is 59.0 Å². The summed E-state index contributed by atoms with van der Waals surface area (Å²) in [6.45, 7) is 3.82. The van der Waals surface area contributed by atoms with Crippen molar-refractivity contribution in [1.29, 1.82) is 0 Å². The summed E-state index contributed by atoms with van der Waals surface area (Å²) in [4.78, 5) is 57.0. The van der Waals surface area contributed by atoms with Crippen molar-refractivity contribution in [1.82, 2.24) is 9.80 Å². The number of hydrogen-bond donors (Lipinski definition) is 4. The van der Waals surface area contributed by atoms with Gasteiger partial charge in [0.05, 0.1) is 50.6 Å². The summed E-state index contributed by atoms with van der Waals surface area (Å²) in [7, 11) is 3.51. The average molecular weight is 1200 g/mol. The Kier molecular flexibility index (Phi) is 21.2. The van der Waals surface area contributed by atoms with Crippen molar-refractivity contribution >= 4 is 58.3 Å². The third-order valence-electron chi connectivity index (χ3n) is 18.4. The number of ether oxygens (including phenoxy) is 4. The van der Waals surface area contributed by atoms with Crippen LogP contribution in [0, 0.1) is 0 Å². The fourth-order valence-electron chi connectivity index (χ4n) is 13.7. The first-order chi connectivity index (χ1) is 40.4. The number of aliphatic carboxylic acids is 2. The molecule has 4 N–H and O–H groups in total. The molecule has 0 unspecified atom stereocenters. The third kappa shape index (κ3) is 15.3. The second-order valence-corrected chi connectivity index (χ2v) is 25.6. The Bertz CT molecular complexity index is 2770. The summed E-state index contributed by atoms with van der Waals surface area (Å²) in [5.41, 5.74) is 4.17. The van der Waals surface area contributed by atoms with E-state index in [1.807, 2.05) is 36.4 Å². The molecular weight excluding hydrogens is 1110 g/mol. The molecule has 6 aliphatic rings. The lowest BCUT2D eigenvalue weighted by Crippen LogP contribution is -2.46. The van der Waals surface area contributed by atoms with E-state index in [0.29, 0.717) is 37.4 Å². The zero-order valence-electron chi connectivity index (χ0n) is 49.2. The number of nitrogens with zero attached hydrogens (tertiary/aromatic N) is 4. The number of fused-ring (bicyclic) bond motifs is 6. The van der Waals surface area contributed by atoms with E-state index >= 15 is 0 Å². The van der Waals surface area contributed by atoms with Crippen LogP contribution in [0.5, 0.6) is 11.5 Å². The number of carbonyl (C=O) groups is 4. The molecule has 84 heavy (non-hydrogen) atoms. The van der Waals surface area contributed by atoms with Gasteiger partial charge in [0.2, 0.25) is 11.8 Å². The van der Waals surface area contributed by atoms with Crippen molar-refractivity contribution in [3.05, 3.63) is 116 Å². The molecule has 0 aromatic heterocycles. The third-order valence-corrected chi connectivity index (χ3v) is 18.8.